The fourth-order valence-corrected chi connectivity index (χ4v) is 1.88. The first-order valence-corrected chi connectivity index (χ1v) is 6.50. The fraction of sp³-hybridized carbons (Fsp3) is 0.500. The number of benzene rings is 1. The molecule has 112 valence electrons. The van der Waals surface area contributed by atoms with Crippen LogP contribution in [0.1, 0.15) is 5.56 Å². The van der Waals surface area contributed by atoms with Crippen molar-refractivity contribution in [2.45, 2.75) is 12.5 Å². The highest BCUT2D eigenvalue weighted by Crippen LogP contribution is 2.15. The van der Waals surface area contributed by atoms with Crippen LogP contribution in [-0.4, -0.2) is 55.6 Å². The molecule has 4 N–H and O–H groups in total. The number of hydrogen-bond acceptors (Lipinski definition) is 5. The van der Waals surface area contributed by atoms with Gasteiger partial charge >= 0.3 is 5.97 Å². The molecule has 0 unspecified atom stereocenters. The fourth-order valence-electron chi connectivity index (χ4n) is 1.88. The number of carboxylic acid groups (broad SMARTS) is 1. The summed E-state index contributed by atoms with van der Waals surface area (Å²) >= 11 is 0. The topological polar surface area (TPSA) is 96.0 Å². The third-order valence-corrected chi connectivity index (χ3v) is 3.01. The van der Waals surface area contributed by atoms with Crippen molar-refractivity contribution >= 4 is 11.7 Å². The number of nitrogens with zero attached hydrogens (tertiary/aromatic N) is 1. The van der Waals surface area contributed by atoms with E-state index in [0.717, 1.165) is 11.3 Å². The minimum absolute atomic E-state index is 0.0648. The number of methoxy groups -OCH3 is 1. The van der Waals surface area contributed by atoms with Gasteiger partial charge in [-0.3, -0.25) is 4.79 Å². The molecule has 0 aromatic heterocycles. The monoisotopic (exact) mass is 282 g/mol. The highest BCUT2D eigenvalue weighted by molar-refractivity contribution is 5.73. The number of aliphatic hydroxyl groups excluding tert-OH is 1. The van der Waals surface area contributed by atoms with Crippen molar-refractivity contribution in [3.8, 4) is 0 Å². The second kappa shape index (κ2) is 8.52. The first-order valence-electron chi connectivity index (χ1n) is 6.50. The molecule has 0 saturated heterocycles. The van der Waals surface area contributed by atoms with E-state index in [2.05, 4.69) is 0 Å². The second-order valence-corrected chi connectivity index (χ2v) is 4.52. The Bertz CT molecular complexity index is 408. The standard InChI is InChI=1S/C14H22N2O4/c1-20-9-7-16(6-8-17)12-4-2-11(3-5-12)10-13(15)14(18)19/h2-5,13,17H,6-10,15H2,1H3,(H,18,19)/t13-/m0/s1. The molecule has 0 aliphatic carbocycles. The van der Waals surface area contributed by atoms with Gasteiger partial charge in [0.15, 0.2) is 0 Å². The van der Waals surface area contributed by atoms with E-state index < -0.39 is 12.0 Å². The molecular weight excluding hydrogens is 260 g/mol. The normalized spacial score (nSPS) is 12.2. The maximum Gasteiger partial charge on any atom is 0.320 e. The Kier molecular flexibility index (Phi) is 7.00. The van der Waals surface area contributed by atoms with Crippen LogP contribution in [0, 0.1) is 0 Å². The Morgan fingerprint density at radius 2 is 2.00 bits per heavy atom. The van der Waals surface area contributed by atoms with Crippen molar-refractivity contribution in [1.82, 2.24) is 0 Å². The average molecular weight is 282 g/mol. The lowest BCUT2D eigenvalue weighted by Gasteiger charge is -2.23. The number of carbonyl (C=O) groups is 1. The molecule has 0 fully saturated rings. The van der Waals surface area contributed by atoms with Crippen molar-refractivity contribution in [1.29, 1.82) is 0 Å². The summed E-state index contributed by atoms with van der Waals surface area (Å²) in [5.74, 6) is -1.00. The van der Waals surface area contributed by atoms with Crippen molar-refractivity contribution in [2.24, 2.45) is 5.73 Å². The lowest BCUT2D eigenvalue weighted by Crippen LogP contribution is -2.32. The van der Waals surface area contributed by atoms with Crippen LogP contribution in [0.5, 0.6) is 0 Å². The van der Waals surface area contributed by atoms with E-state index in [4.69, 9.17) is 20.7 Å². The molecule has 0 amide bonds. The SMILES string of the molecule is COCCN(CCO)c1ccc(C[C@H](N)C(=O)O)cc1. The van der Waals surface area contributed by atoms with Crippen LogP contribution in [0.4, 0.5) is 5.69 Å². The number of carboxylic acids is 1. The van der Waals surface area contributed by atoms with Gasteiger partial charge in [-0.1, -0.05) is 12.1 Å². The summed E-state index contributed by atoms with van der Waals surface area (Å²) in [5, 5.41) is 17.8. The van der Waals surface area contributed by atoms with E-state index in [-0.39, 0.29) is 6.61 Å². The third kappa shape index (κ3) is 5.16. The molecular formula is C14H22N2O4. The Labute approximate surface area is 118 Å². The van der Waals surface area contributed by atoms with Crippen molar-refractivity contribution in [3.63, 3.8) is 0 Å². The maximum absolute atomic E-state index is 10.7. The lowest BCUT2D eigenvalue weighted by molar-refractivity contribution is -0.138. The number of anilines is 1. The molecule has 1 atom stereocenters. The Morgan fingerprint density at radius 3 is 2.50 bits per heavy atom. The van der Waals surface area contributed by atoms with E-state index in [1.165, 1.54) is 0 Å². The highest BCUT2D eigenvalue weighted by atomic mass is 16.5. The van der Waals surface area contributed by atoms with Gasteiger partial charge in [0, 0.05) is 25.9 Å². The third-order valence-electron chi connectivity index (χ3n) is 3.01. The van der Waals surface area contributed by atoms with Gasteiger partial charge in [0.2, 0.25) is 0 Å². The van der Waals surface area contributed by atoms with E-state index in [1.54, 1.807) is 7.11 Å². The summed E-state index contributed by atoms with van der Waals surface area (Å²) < 4.78 is 5.04. The van der Waals surface area contributed by atoms with Crippen LogP contribution in [0.3, 0.4) is 0 Å². The van der Waals surface area contributed by atoms with Gasteiger partial charge in [-0.2, -0.15) is 0 Å². The highest BCUT2D eigenvalue weighted by Gasteiger charge is 2.12. The molecule has 0 heterocycles. The van der Waals surface area contributed by atoms with Crippen LogP contribution >= 0.6 is 0 Å². The minimum Gasteiger partial charge on any atom is -0.480 e. The zero-order chi connectivity index (χ0) is 15.0. The molecule has 0 aliphatic rings. The summed E-state index contributed by atoms with van der Waals surface area (Å²) in [6.07, 6.45) is 0.299. The van der Waals surface area contributed by atoms with E-state index in [0.29, 0.717) is 26.1 Å². The summed E-state index contributed by atoms with van der Waals surface area (Å²) in [7, 11) is 1.63. The molecule has 0 radical (unpaired) electrons. The summed E-state index contributed by atoms with van der Waals surface area (Å²) in [4.78, 5) is 12.7. The minimum atomic E-state index is -1.00. The summed E-state index contributed by atoms with van der Waals surface area (Å²) in [6, 6.07) is 6.62. The smallest absolute Gasteiger partial charge is 0.320 e. The molecule has 6 nitrogen and oxygen atoms in total. The van der Waals surface area contributed by atoms with E-state index in [9.17, 15) is 4.79 Å². The average Bonchev–Trinajstić information content (AvgIpc) is 2.44. The van der Waals surface area contributed by atoms with Crippen LogP contribution < -0.4 is 10.6 Å². The second-order valence-electron chi connectivity index (χ2n) is 4.52. The van der Waals surface area contributed by atoms with Crippen LogP contribution in [-0.2, 0) is 16.0 Å². The molecule has 1 rings (SSSR count). The molecule has 0 bridgehead atoms. The first-order chi connectivity index (χ1) is 9.58. The van der Waals surface area contributed by atoms with Gasteiger partial charge in [0.05, 0.1) is 13.2 Å². The molecule has 1 aromatic carbocycles. The maximum atomic E-state index is 10.7. The zero-order valence-electron chi connectivity index (χ0n) is 11.7. The summed E-state index contributed by atoms with van der Waals surface area (Å²) in [5.41, 5.74) is 7.34. The van der Waals surface area contributed by atoms with E-state index >= 15 is 0 Å². The summed E-state index contributed by atoms with van der Waals surface area (Å²) in [6.45, 7) is 1.85. The van der Waals surface area contributed by atoms with Gasteiger partial charge in [0.25, 0.3) is 0 Å². The molecule has 20 heavy (non-hydrogen) atoms. The zero-order valence-corrected chi connectivity index (χ0v) is 11.7. The van der Waals surface area contributed by atoms with E-state index in [1.807, 2.05) is 29.2 Å². The Balaban J connectivity index is 2.69. The van der Waals surface area contributed by atoms with Crippen LogP contribution in [0.2, 0.25) is 0 Å². The number of aliphatic carboxylic acids is 1. The molecule has 0 saturated carbocycles. The van der Waals surface area contributed by atoms with Gasteiger partial charge in [-0.15, -0.1) is 0 Å². The number of rotatable bonds is 9. The molecule has 1 aromatic rings. The Hall–Kier alpha value is -1.63. The number of aliphatic hydroxyl groups is 1. The Morgan fingerprint density at radius 1 is 1.35 bits per heavy atom. The quantitative estimate of drug-likeness (QED) is 0.594. The molecule has 0 spiro atoms. The van der Waals surface area contributed by atoms with Crippen LogP contribution in [0.15, 0.2) is 24.3 Å². The lowest BCUT2D eigenvalue weighted by atomic mass is 10.1. The van der Waals surface area contributed by atoms with Crippen molar-refractivity contribution in [2.75, 3.05) is 38.3 Å². The largest absolute Gasteiger partial charge is 0.480 e. The molecule has 0 aliphatic heterocycles. The van der Waals surface area contributed by atoms with Crippen molar-refractivity contribution < 1.29 is 19.7 Å². The number of ether oxygens (including phenoxy) is 1. The van der Waals surface area contributed by atoms with Gasteiger partial charge < -0.3 is 25.6 Å². The predicted octanol–water partition coefficient (Wildman–Crippen LogP) is 0.0861. The van der Waals surface area contributed by atoms with Crippen LogP contribution in [0.25, 0.3) is 0 Å². The first kappa shape index (κ1) is 16.4. The van der Waals surface area contributed by atoms with Gasteiger partial charge in [-0.25, -0.2) is 0 Å². The predicted molar refractivity (Wildman–Crippen MR) is 76.9 cm³/mol. The van der Waals surface area contributed by atoms with Gasteiger partial charge in [0.1, 0.15) is 6.04 Å². The van der Waals surface area contributed by atoms with Gasteiger partial charge in [-0.05, 0) is 24.1 Å². The number of hydrogen-bond donors (Lipinski definition) is 3. The van der Waals surface area contributed by atoms with Crippen molar-refractivity contribution in [3.05, 3.63) is 29.8 Å². The number of nitrogens with two attached hydrogens (primary N) is 1. The molecule has 6 heteroatoms.